The van der Waals surface area contributed by atoms with Gasteiger partial charge in [0, 0.05) is 31.6 Å². The quantitative estimate of drug-likeness (QED) is 0.618. The van der Waals surface area contributed by atoms with Crippen molar-refractivity contribution in [3.05, 3.63) is 18.2 Å². The van der Waals surface area contributed by atoms with Crippen LogP contribution in [0.5, 0.6) is 0 Å². The van der Waals surface area contributed by atoms with Crippen molar-refractivity contribution in [2.75, 3.05) is 19.8 Å². The average molecular weight is 183 g/mol. The van der Waals surface area contributed by atoms with Gasteiger partial charge in [0.2, 0.25) is 0 Å². The Balaban J connectivity index is 1.90. The van der Waals surface area contributed by atoms with E-state index in [4.69, 9.17) is 4.74 Å². The molecule has 13 heavy (non-hydrogen) atoms. The second-order valence-electron chi connectivity index (χ2n) is 2.80. The Kier molecular flexibility index (Phi) is 5.20. The highest BCUT2D eigenvalue weighted by Crippen LogP contribution is 1.89. The normalized spacial score (nSPS) is 10.5. The van der Waals surface area contributed by atoms with Gasteiger partial charge in [-0.3, -0.25) is 0 Å². The Morgan fingerprint density at radius 3 is 3.23 bits per heavy atom. The first-order chi connectivity index (χ1) is 6.43. The molecule has 1 aromatic rings. The highest BCUT2D eigenvalue weighted by molar-refractivity contribution is 4.92. The molecule has 0 spiro atoms. The van der Waals surface area contributed by atoms with E-state index in [1.165, 1.54) is 0 Å². The molecule has 0 aliphatic carbocycles. The predicted octanol–water partition coefficient (Wildman–Crippen LogP) is 0.926. The lowest BCUT2D eigenvalue weighted by atomic mass is 10.4. The van der Waals surface area contributed by atoms with E-state index in [-0.39, 0.29) is 0 Å². The third-order valence-electron chi connectivity index (χ3n) is 1.72. The van der Waals surface area contributed by atoms with Gasteiger partial charge < -0.3 is 15.0 Å². The summed E-state index contributed by atoms with van der Waals surface area (Å²) < 4.78 is 5.21. The first-order valence-electron chi connectivity index (χ1n) is 4.69. The maximum atomic E-state index is 5.21. The van der Waals surface area contributed by atoms with Crippen LogP contribution in [0.15, 0.2) is 12.5 Å². The van der Waals surface area contributed by atoms with Crippen LogP contribution in [0.1, 0.15) is 19.0 Å². The van der Waals surface area contributed by atoms with Gasteiger partial charge in [0.1, 0.15) is 0 Å². The minimum Gasteiger partial charge on any atom is -0.382 e. The summed E-state index contributed by atoms with van der Waals surface area (Å²) in [7, 11) is 0. The summed E-state index contributed by atoms with van der Waals surface area (Å²) in [4.78, 5) is 6.96. The highest BCUT2D eigenvalue weighted by Gasteiger charge is 1.92. The molecule has 0 saturated heterocycles. The van der Waals surface area contributed by atoms with Gasteiger partial charge in [-0.1, -0.05) is 0 Å². The molecule has 0 radical (unpaired) electrons. The predicted molar refractivity (Wildman–Crippen MR) is 51.4 cm³/mol. The lowest BCUT2D eigenvalue weighted by Gasteiger charge is -2.02. The van der Waals surface area contributed by atoms with Crippen molar-refractivity contribution >= 4 is 0 Å². The van der Waals surface area contributed by atoms with Gasteiger partial charge in [-0.2, -0.15) is 0 Å². The molecule has 0 fully saturated rings. The molecule has 4 heteroatoms. The van der Waals surface area contributed by atoms with Gasteiger partial charge in [0.05, 0.1) is 6.33 Å². The van der Waals surface area contributed by atoms with Gasteiger partial charge >= 0.3 is 0 Å². The second-order valence-corrected chi connectivity index (χ2v) is 2.80. The van der Waals surface area contributed by atoms with Gasteiger partial charge in [-0.15, -0.1) is 0 Å². The van der Waals surface area contributed by atoms with Gasteiger partial charge in [-0.05, 0) is 19.9 Å². The van der Waals surface area contributed by atoms with Crippen LogP contribution >= 0.6 is 0 Å². The summed E-state index contributed by atoms with van der Waals surface area (Å²) in [5.41, 5.74) is 1.12. The lowest BCUT2D eigenvalue weighted by Crippen LogP contribution is -2.16. The number of aromatic nitrogens is 2. The first-order valence-corrected chi connectivity index (χ1v) is 4.69. The fourth-order valence-electron chi connectivity index (χ4n) is 1.05. The molecule has 0 unspecified atom stereocenters. The Labute approximate surface area is 78.7 Å². The molecule has 1 heterocycles. The van der Waals surface area contributed by atoms with Crippen molar-refractivity contribution in [3.63, 3.8) is 0 Å². The smallest absolute Gasteiger partial charge is 0.0922 e. The molecule has 2 N–H and O–H groups in total. The molecule has 0 aliphatic heterocycles. The number of rotatable bonds is 7. The molecule has 1 aromatic heterocycles. The van der Waals surface area contributed by atoms with Crippen LogP contribution in [0.4, 0.5) is 0 Å². The van der Waals surface area contributed by atoms with Crippen molar-refractivity contribution in [2.24, 2.45) is 0 Å². The molecule has 74 valence electrons. The average Bonchev–Trinajstić information content (AvgIpc) is 2.63. The first kappa shape index (κ1) is 10.2. The molecule has 0 amide bonds. The minimum atomic E-state index is 0.806. The zero-order valence-electron chi connectivity index (χ0n) is 8.05. The molecular weight excluding hydrogens is 166 g/mol. The molecular formula is C9H17N3O. The summed E-state index contributed by atoms with van der Waals surface area (Å²) in [6, 6.07) is 0. The molecule has 0 aliphatic rings. The maximum Gasteiger partial charge on any atom is 0.0922 e. The summed E-state index contributed by atoms with van der Waals surface area (Å²) >= 11 is 0. The van der Waals surface area contributed by atoms with Crippen molar-refractivity contribution in [1.29, 1.82) is 0 Å². The number of imidazole rings is 1. The zero-order valence-corrected chi connectivity index (χ0v) is 8.05. The van der Waals surface area contributed by atoms with Crippen LogP contribution in [-0.4, -0.2) is 29.7 Å². The molecule has 0 aromatic carbocycles. The minimum absolute atomic E-state index is 0.806. The lowest BCUT2D eigenvalue weighted by molar-refractivity contribution is 0.144. The summed E-state index contributed by atoms with van der Waals surface area (Å²) in [6.07, 6.45) is 4.58. The van der Waals surface area contributed by atoms with Crippen LogP contribution in [-0.2, 0) is 11.3 Å². The Bertz CT molecular complexity index is 199. The number of ether oxygens (including phenoxy) is 1. The van der Waals surface area contributed by atoms with Crippen LogP contribution in [0.2, 0.25) is 0 Å². The third-order valence-corrected chi connectivity index (χ3v) is 1.72. The molecule has 0 atom stereocenters. The van der Waals surface area contributed by atoms with Crippen molar-refractivity contribution in [3.8, 4) is 0 Å². The van der Waals surface area contributed by atoms with E-state index in [1.807, 2.05) is 13.1 Å². The summed E-state index contributed by atoms with van der Waals surface area (Å²) in [5.74, 6) is 0. The van der Waals surface area contributed by atoms with E-state index in [2.05, 4.69) is 15.3 Å². The van der Waals surface area contributed by atoms with Gasteiger partial charge in [0.15, 0.2) is 0 Å². The Morgan fingerprint density at radius 2 is 2.54 bits per heavy atom. The van der Waals surface area contributed by atoms with E-state index in [0.29, 0.717) is 0 Å². The number of aromatic amines is 1. The Hall–Kier alpha value is -0.870. The maximum absolute atomic E-state index is 5.21. The monoisotopic (exact) mass is 183 g/mol. The van der Waals surface area contributed by atoms with Crippen molar-refractivity contribution < 1.29 is 4.74 Å². The molecule has 0 saturated carbocycles. The summed E-state index contributed by atoms with van der Waals surface area (Å²) in [5, 5.41) is 3.30. The highest BCUT2D eigenvalue weighted by atomic mass is 16.5. The van der Waals surface area contributed by atoms with Crippen molar-refractivity contribution in [2.45, 2.75) is 19.9 Å². The van der Waals surface area contributed by atoms with Gasteiger partial charge in [0.25, 0.3) is 0 Å². The number of hydrogen-bond donors (Lipinski definition) is 2. The SMILES string of the molecule is CCOCCCNCc1cnc[nH]1. The topological polar surface area (TPSA) is 49.9 Å². The number of H-pyrrole nitrogens is 1. The fourth-order valence-corrected chi connectivity index (χ4v) is 1.05. The van der Waals surface area contributed by atoms with E-state index < -0.39 is 0 Å². The number of nitrogens with zero attached hydrogens (tertiary/aromatic N) is 1. The van der Waals surface area contributed by atoms with Gasteiger partial charge in [-0.25, -0.2) is 4.98 Å². The van der Waals surface area contributed by atoms with Crippen LogP contribution < -0.4 is 5.32 Å². The van der Waals surface area contributed by atoms with Crippen LogP contribution in [0.25, 0.3) is 0 Å². The standard InChI is InChI=1S/C9H17N3O/c1-2-13-5-3-4-10-6-9-7-11-8-12-9/h7-8,10H,2-6H2,1H3,(H,11,12). The fraction of sp³-hybridized carbons (Fsp3) is 0.667. The van der Waals surface area contributed by atoms with Crippen LogP contribution in [0.3, 0.4) is 0 Å². The molecule has 1 rings (SSSR count). The molecule has 0 bridgehead atoms. The number of nitrogens with one attached hydrogen (secondary N) is 2. The van der Waals surface area contributed by atoms with E-state index in [1.54, 1.807) is 6.33 Å². The summed E-state index contributed by atoms with van der Waals surface area (Å²) in [6.45, 7) is 5.50. The largest absolute Gasteiger partial charge is 0.382 e. The third kappa shape index (κ3) is 4.65. The zero-order chi connectivity index (χ0) is 9.36. The van der Waals surface area contributed by atoms with Crippen molar-refractivity contribution in [1.82, 2.24) is 15.3 Å². The van der Waals surface area contributed by atoms with E-state index in [0.717, 1.165) is 38.4 Å². The van der Waals surface area contributed by atoms with E-state index >= 15 is 0 Å². The second kappa shape index (κ2) is 6.62. The van der Waals surface area contributed by atoms with E-state index in [9.17, 15) is 0 Å². The number of hydrogen-bond acceptors (Lipinski definition) is 3. The molecule has 4 nitrogen and oxygen atoms in total. The Morgan fingerprint density at radius 1 is 1.62 bits per heavy atom. The van der Waals surface area contributed by atoms with Crippen LogP contribution in [0, 0.1) is 0 Å².